The van der Waals surface area contributed by atoms with Crippen molar-refractivity contribution in [2.24, 2.45) is 7.05 Å². The molecule has 0 aromatic carbocycles. The van der Waals surface area contributed by atoms with Gasteiger partial charge in [-0.25, -0.2) is 9.78 Å². The Bertz CT molecular complexity index is 887. The maximum absolute atomic E-state index is 11.7. The Morgan fingerprint density at radius 2 is 2.05 bits per heavy atom. The van der Waals surface area contributed by atoms with Crippen LogP contribution in [0.2, 0.25) is 0 Å². The van der Waals surface area contributed by atoms with Crippen LogP contribution in [0.3, 0.4) is 0 Å². The van der Waals surface area contributed by atoms with Crippen molar-refractivity contribution in [3.8, 4) is 11.5 Å². The molecule has 0 atom stereocenters. The van der Waals surface area contributed by atoms with Crippen molar-refractivity contribution >= 4 is 11.2 Å². The van der Waals surface area contributed by atoms with Gasteiger partial charge in [0.15, 0.2) is 11.5 Å². The summed E-state index contributed by atoms with van der Waals surface area (Å²) in [5.41, 5.74) is 1.20. The molecule has 0 saturated carbocycles. The first-order chi connectivity index (χ1) is 9.08. The van der Waals surface area contributed by atoms with Gasteiger partial charge in [-0.1, -0.05) is 6.07 Å². The molecule has 0 aliphatic carbocycles. The number of nitrogens with zero attached hydrogens (tertiary/aromatic N) is 3. The van der Waals surface area contributed by atoms with Gasteiger partial charge in [0.2, 0.25) is 0 Å². The summed E-state index contributed by atoms with van der Waals surface area (Å²) in [5.74, 6) is 0.472. The number of imidazole rings is 1. The van der Waals surface area contributed by atoms with Crippen molar-refractivity contribution in [2.45, 2.75) is 6.92 Å². The zero-order valence-electron chi connectivity index (χ0n) is 10.4. The minimum absolute atomic E-state index is 0.266. The molecule has 2 N–H and O–H groups in total. The molecule has 0 radical (unpaired) electrons. The van der Waals surface area contributed by atoms with Crippen molar-refractivity contribution in [3.05, 3.63) is 44.7 Å². The third kappa shape index (κ3) is 1.67. The van der Waals surface area contributed by atoms with Gasteiger partial charge in [0.25, 0.3) is 5.56 Å². The monoisotopic (exact) mass is 257 g/mol. The summed E-state index contributed by atoms with van der Waals surface area (Å²) in [4.78, 5) is 36.9. The molecule has 0 saturated heterocycles. The molecule has 19 heavy (non-hydrogen) atoms. The molecule has 7 nitrogen and oxygen atoms in total. The summed E-state index contributed by atoms with van der Waals surface area (Å²) in [6, 6.07) is 3.73. The van der Waals surface area contributed by atoms with E-state index in [0.29, 0.717) is 17.2 Å². The summed E-state index contributed by atoms with van der Waals surface area (Å²) in [7, 11) is 1.55. The van der Waals surface area contributed by atoms with Crippen molar-refractivity contribution in [1.82, 2.24) is 24.5 Å². The Kier molecular flexibility index (Phi) is 2.34. The van der Waals surface area contributed by atoms with Crippen molar-refractivity contribution in [1.29, 1.82) is 0 Å². The first kappa shape index (κ1) is 11.4. The molecular formula is C12H11N5O2. The van der Waals surface area contributed by atoms with Gasteiger partial charge in [-0.3, -0.25) is 19.3 Å². The van der Waals surface area contributed by atoms with E-state index in [1.807, 2.05) is 19.1 Å². The highest BCUT2D eigenvalue weighted by Crippen LogP contribution is 2.18. The molecular weight excluding hydrogens is 246 g/mol. The molecule has 7 heteroatoms. The van der Waals surface area contributed by atoms with Gasteiger partial charge < -0.3 is 4.98 Å². The lowest BCUT2D eigenvalue weighted by Gasteiger charge is -1.98. The van der Waals surface area contributed by atoms with Gasteiger partial charge in [0, 0.05) is 13.2 Å². The fourth-order valence-electron chi connectivity index (χ4n) is 1.95. The van der Waals surface area contributed by atoms with Gasteiger partial charge in [-0.05, 0) is 18.6 Å². The van der Waals surface area contributed by atoms with Crippen LogP contribution in [0.25, 0.3) is 22.7 Å². The molecule has 0 spiro atoms. The van der Waals surface area contributed by atoms with Gasteiger partial charge in [-0.2, -0.15) is 0 Å². The Morgan fingerprint density at radius 1 is 1.26 bits per heavy atom. The maximum atomic E-state index is 11.7. The molecule has 3 heterocycles. The zero-order chi connectivity index (χ0) is 13.6. The quantitative estimate of drug-likeness (QED) is 0.656. The van der Waals surface area contributed by atoms with E-state index in [9.17, 15) is 9.59 Å². The predicted octanol–water partition coefficient (Wildman–Crippen LogP) is 0.320. The van der Waals surface area contributed by atoms with E-state index < -0.39 is 11.2 Å². The topological polar surface area (TPSA) is 96.4 Å². The fraction of sp³-hybridized carbons (Fsp3) is 0.167. The van der Waals surface area contributed by atoms with Crippen LogP contribution in [0.15, 0.2) is 27.9 Å². The fourth-order valence-corrected chi connectivity index (χ4v) is 1.95. The molecule has 0 aliphatic rings. The number of pyridine rings is 1. The number of nitrogens with one attached hydrogen (secondary N) is 2. The Labute approximate surface area is 107 Å². The lowest BCUT2D eigenvalue weighted by molar-refractivity contribution is 0.832. The Hall–Kier alpha value is -2.70. The van der Waals surface area contributed by atoms with Crippen LogP contribution in [-0.4, -0.2) is 24.5 Å². The minimum atomic E-state index is -0.492. The average Bonchev–Trinajstić information content (AvgIpc) is 2.82. The molecule has 0 unspecified atom stereocenters. The molecule has 3 aromatic rings. The number of aromatic nitrogens is 5. The van der Waals surface area contributed by atoms with Gasteiger partial charge in [0.1, 0.15) is 11.2 Å². The van der Waals surface area contributed by atoms with E-state index in [2.05, 4.69) is 19.9 Å². The van der Waals surface area contributed by atoms with Crippen LogP contribution in [-0.2, 0) is 7.05 Å². The molecule has 96 valence electrons. The lowest BCUT2D eigenvalue weighted by atomic mass is 10.2. The second-order valence-electron chi connectivity index (χ2n) is 4.27. The van der Waals surface area contributed by atoms with Gasteiger partial charge in [-0.15, -0.1) is 0 Å². The van der Waals surface area contributed by atoms with E-state index in [0.717, 1.165) is 5.56 Å². The normalized spacial score (nSPS) is 11.1. The number of aryl methyl sites for hydroxylation is 2. The van der Waals surface area contributed by atoms with Crippen molar-refractivity contribution in [3.63, 3.8) is 0 Å². The third-order valence-electron chi connectivity index (χ3n) is 2.99. The van der Waals surface area contributed by atoms with Crippen LogP contribution in [0.4, 0.5) is 0 Å². The largest absolute Gasteiger partial charge is 0.331 e. The molecule has 0 amide bonds. The van der Waals surface area contributed by atoms with Crippen LogP contribution in [0, 0.1) is 6.92 Å². The zero-order valence-corrected chi connectivity index (χ0v) is 10.4. The highest BCUT2D eigenvalue weighted by Gasteiger charge is 2.13. The minimum Gasteiger partial charge on any atom is -0.331 e. The van der Waals surface area contributed by atoms with E-state index >= 15 is 0 Å². The first-order valence-corrected chi connectivity index (χ1v) is 5.69. The summed E-state index contributed by atoms with van der Waals surface area (Å²) in [6.45, 7) is 1.90. The summed E-state index contributed by atoms with van der Waals surface area (Å²) in [5, 5.41) is 0. The summed E-state index contributed by atoms with van der Waals surface area (Å²) < 4.78 is 1.29. The van der Waals surface area contributed by atoms with E-state index in [1.54, 1.807) is 13.2 Å². The summed E-state index contributed by atoms with van der Waals surface area (Å²) in [6.07, 6.45) is 1.65. The number of hydrogen-bond acceptors (Lipinski definition) is 4. The van der Waals surface area contributed by atoms with E-state index in [1.165, 1.54) is 4.57 Å². The second-order valence-corrected chi connectivity index (χ2v) is 4.27. The van der Waals surface area contributed by atoms with Crippen molar-refractivity contribution in [2.75, 3.05) is 0 Å². The van der Waals surface area contributed by atoms with E-state index in [4.69, 9.17) is 0 Å². The highest BCUT2D eigenvalue weighted by atomic mass is 16.2. The Morgan fingerprint density at radius 3 is 2.79 bits per heavy atom. The smallest absolute Gasteiger partial charge is 0.329 e. The average molecular weight is 257 g/mol. The molecule has 0 fully saturated rings. The van der Waals surface area contributed by atoms with Crippen LogP contribution >= 0.6 is 0 Å². The first-order valence-electron chi connectivity index (χ1n) is 5.69. The van der Waals surface area contributed by atoms with Crippen LogP contribution in [0.5, 0.6) is 0 Å². The standard InChI is InChI=1S/C12H11N5O2/c1-6-4-3-5-13-7(6)9-14-8-10(15-9)17(2)12(19)16-11(8)18/h3-5H,1-2H3,(H,14,15)(H,16,18,19). The predicted molar refractivity (Wildman–Crippen MR) is 69.9 cm³/mol. The van der Waals surface area contributed by atoms with Gasteiger partial charge >= 0.3 is 5.69 Å². The SMILES string of the molecule is Cc1cccnc1-c1nc2c([nH]1)c(=O)[nH]c(=O)n2C. The number of aromatic amines is 2. The molecule has 3 aromatic heterocycles. The third-order valence-corrected chi connectivity index (χ3v) is 2.99. The van der Waals surface area contributed by atoms with E-state index in [-0.39, 0.29) is 5.52 Å². The highest BCUT2D eigenvalue weighted by molar-refractivity contribution is 5.74. The molecule has 3 rings (SSSR count). The maximum Gasteiger partial charge on any atom is 0.329 e. The molecule has 0 aliphatic heterocycles. The summed E-state index contributed by atoms with van der Waals surface area (Å²) >= 11 is 0. The van der Waals surface area contributed by atoms with Gasteiger partial charge in [0.05, 0.1) is 0 Å². The number of fused-ring (bicyclic) bond motifs is 1. The van der Waals surface area contributed by atoms with Crippen LogP contribution < -0.4 is 11.2 Å². The number of H-pyrrole nitrogens is 2. The second kappa shape index (κ2) is 3.91. The van der Waals surface area contributed by atoms with Crippen molar-refractivity contribution < 1.29 is 0 Å². The van der Waals surface area contributed by atoms with Crippen LogP contribution in [0.1, 0.15) is 5.56 Å². The Balaban J connectivity index is 2.38. The lowest BCUT2D eigenvalue weighted by Crippen LogP contribution is -2.28. The number of rotatable bonds is 1. The molecule has 0 bridgehead atoms. The number of hydrogen-bond donors (Lipinski definition) is 2.